The first-order chi connectivity index (χ1) is 12.7. The van der Waals surface area contributed by atoms with Gasteiger partial charge in [-0.15, -0.1) is 0 Å². The fourth-order valence-corrected chi connectivity index (χ4v) is 4.57. The fraction of sp³-hybridized carbons (Fsp3) is 0.591. The summed E-state index contributed by atoms with van der Waals surface area (Å²) in [5.41, 5.74) is 2.22. The summed E-state index contributed by atoms with van der Waals surface area (Å²) in [5.74, 6) is 6.40. The third-order valence-corrected chi connectivity index (χ3v) is 6.02. The van der Waals surface area contributed by atoms with Crippen molar-refractivity contribution < 1.29 is 14.6 Å². The maximum Gasteiger partial charge on any atom is 0.310 e. The van der Waals surface area contributed by atoms with Crippen molar-refractivity contribution in [1.82, 2.24) is 4.90 Å². The van der Waals surface area contributed by atoms with Gasteiger partial charge in [-0.05, 0) is 56.8 Å². The zero-order valence-electron chi connectivity index (χ0n) is 15.8. The summed E-state index contributed by atoms with van der Waals surface area (Å²) >= 11 is 0. The van der Waals surface area contributed by atoms with Gasteiger partial charge in [-0.25, -0.2) is 0 Å². The number of hydrogen-bond acceptors (Lipinski definition) is 4. The summed E-state index contributed by atoms with van der Waals surface area (Å²) in [6, 6.07) is 9.23. The number of aliphatic hydroxyl groups is 1. The zero-order chi connectivity index (χ0) is 18.5. The van der Waals surface area contributed by atoms with E-state index in [-0.39, 0.29) is 30.5 Å². The van der Waals surface area contributed by atoms with E-state index in [1.807, 2.05) is 0 Å². The molecular weight excluding hydrogens is 326 g/mol. The van der Waals surface area contributed by atoms with Crippen molar-refractivity contribution in [3.05, 3.63) is 35.4 Å². The molecular formula is C22H29NO3. The van der Waals surface area contributed by atoms with Gasteiger partial charge in [0.2, 0.25) is 0 Å². The molecule has 2 aliphatic heterocycles. The quantitative estimate of drug-likeness (QED) is 0.501. The minimum Gasteiger partial charge on any atom is -0.469 e. The molecule has 1 aromatic carbocycles. The summed E-state index contributed by atoms with van der Waals surface area (Å²) in [6.07, 6.45) is 5.81. The van der Waals surface area contributed by atoms with E-state index in [0.717, 1.165) is 37.7 Å². The number of carbonyl (C=O) groups excluding carboxylic acids is 1. The summed E-state index contributed by atoms with van der Waals surface area (Å²) in [6.45, 7) is 0.232. The predicted molar refractivity (Wildman–Crippen MR) is 102 cm³/mol. The number of nitrogens with zero attached hydrogens (tertiary/aromatic N) is 1. The van der Waals surface area contributed by atoms with Crippen LogP contribution in [0.3, 0.4) is 0 Å². The van der Waals surface area contributed by atoms with Crippen molar-refractivity contribution in [3.8, 4) is 11.8 Å². The first-order valence-electron chi connectivity index (χ1n) is 9.65. The summed E-state index contributed by atoms with van der Waals surface area (Å²) < 4.78 is 5.14. The Balaban J connectivity index is 1.74. The highest BCUT2D eigenvalue weighted by Crippen LogP contribution is 2.46. The molecule has 26 heavy (non-hydrogen) atoms. The average molecular weight is 355 g/mol. The Morgan fingerprint density at radius 1 is 1.27 bits per heavy atom. The van der Waals surface area contributed by atoms with Crippen LogP contribution in [0.4, 0.5) is 0 Å². The van der Waals surface area contributed by atoms with E-state index in [0.29, 0.717) is 6.04 Å². The molecule has 2 saturated heterocycles. The summed E-state index contributed by atoms with van der Waals surface area (Å²) in [5, 5.41) is 8.79. The van der Waals surface area contributed by atoms with Crippen LogP contribution in [0.25, 0.3) is 0 Å². The topological polar surface area (TPSA) is 49.8 Å². The van der Waals surface area contributed by atoms with Gasteiger partial charge in [-0.1, -0.05) is 24.0 Å². The molecule has 140 valence electrons. The van der Waals surface area contributed by atoms with Crippen LogP contribution in [-0.2, 0) is 9.53 Å². The molecule has 2 unspecified atom stereocenters. The molecule has 0 spiro atoms. The largest absolute Gasteiger partial charge is 0.469 e. The molecule has 2 aliphatic rings. The van der Waals surface area contributed by atoms with Crippen LogP contribution in [0.5, 0.6) is 0 Å². The Labute approximate surface area is 156 Å². The van der Waals surface area contributed by atoms with E-state index >= 15 is 0 Å². The number of rotatable bonds is 5. The number of hydrogen-bond donors (Lipinski definition) is 1. The molecule has 1 aromatic rings. The lowest BCUT2D eigenvalue weighted by Gasteiger charge is -2.41. The average Bonchev–Trinajstić information content (AvgIpc) is 2.90. The smallest absolute Gasteiger partial charge is 0.310 e. The summed E-state index contributed by atoms with van der Waals surface area (Å²) in [4.78, 5) is 14.9. The van der Waals surface area contributed by atoms with Crippen molar-refractivity contribution in [2.45, 2.75) is 56.5 Å². The minimum absolute atomic E-state index is 0.0834. The molecule has 0 aromatic heterocycles. The predicted octanol–water partition coefficient (Wildman–Crippen LogP) is 2.94. The van der Waals surface area contributed by atoms with E-state index in [2.05, 4.69) is 48.1 Å². The van der Waals surface area contributed by atoms with Gasteiger partial charge in [0, 0.05) is 36.6 Å². The molecule has 4 nitrogen and oxygen atoms in total. The number of carbonyl (C=O) groups is 1. The first-order valence-corrected chi connectivity index (χ1v) is 9.65. The van der Waals surface area contributed by atoms with Crippen molar-refractivity contribution >= 4 is 5.97 Å². The number of ether oxygens (including phenoxy) is 1. The lowest BCUT2D eigenvalue weighted by molar-refractivity contribution is -0.150. The number of methoxy groups -OCH3 is 1. The number of esters is 1. The standard InChI is InChI=1S/C22H29NO3/c1-23-18-12-13-20(23)21(22(25)26-2)19(15-18)17-10-8-16(9-11-17)7-5-3-4-6-14-24/h8-11,18-21,24H,3-4,6,12-15H2,1-2H3/t18-,19-,20?,21?/m1/s1. The highest BCUT2D eigenvalue weighted by molar-refractivity contribution is 5.75. The van der Waals surface area contributed by atoms with Crippen LogP contribution in [-0.4, -0.2) is 48.8 Å². The zero-order valence-corrected chi connectivity index (χ0v) is 15.8. The van der Waals surface area contributed by atoms with Crippen LogP contribution in [0.1, 0.15) is 55.6 Å². The third-order valence-electron chi connectivity index (χ3n) is 6.02. The molecule has 1 N–H and O–H groups in total. The second-order valence-corrected chi connectivity index (χ2v) is 7.46. The number of unbranched alkanes of at least 4 members (excludes halogenated alkanes) is 2. The van der Waals surface area contributed by atoms with Crippen molar-refractivity contribution in [1.29, 1.82) is 0 Å². The Morgan fingerprint density at radius 2 is 2.04 bits per heavy atom. The van der Waals surface area contributed by atoms with Crippen LogP contribution in [0.2, 0.25) is 0 Å². The molecule has 4 atom stereocenters. The number of fused-ring (bicyclic) bond motifs is 2. The van der Waals surface area contributed by atoms with Crippen molar-refractivity contribution in [2.24, 2.45) is 5.92 Å². The molecule has 2 fully saturated rings. The van der Waals surface area contributed by atoms with Crippen molar-refractivity contribution in [3.63, 3.8) is 0 Å². The molecule has 0 amide bonds. The lowest BCUT2D eigenvalue weighted by atomic mass is 9.76. The van der Waals surface area contributed by atoms with Crippen LogP contribution in [0.15, 0.2) is 24.3 Å². The maximum atomic E-state index is 12.5. The second kappa shape index (κ2) is 8.70. The molecule has 2 bridgehead atoms. The normalized spacial score (nSPS) is 27.7. The van der Waals surface area contributed by atoms with Crippen molar-refractivity contribution in [2.75, 3.05) is 20.8 Å². The minimum atomic E-state index is -0.0841. The van der Waals surface area contributed by atoms with Crippen LogP contribution >= 0.6 is 0 Å². The van der Waals surface area contributed by atoms with Crippen LogP contribution < -0.4 is 0 Å². The van der Waals surface area contributed by atoms with Gasteiger partial charge in [0.1, 0.15) is 0 Å². The Bertz CT molecular complexity index is 673. The van der Waals surface area contributed by atoms with Gasteiger partial charge in [-0.2, -0.15) is 0 Å². The Hall–Kier alpha value is -1.83. The number of piperidine rings is 1. The van der Waals surface area contributed by atoms with E-state index in [9.17, 15) is 4.79 Å². The highest BCUT2D eigenvalue weighted by Gasteiger charge is 2.49. The molecule has 0 saturated carbocycles. The first kappa shape index (κ1) is 18.9. The van der Waals surface area contributed by atoms with Gasteiger partial charge in [0.15, 0.2) is 0 Å². The number of aliphatic hydroxyl groups excluding tert-OH is 1. The van der Waals surface area contributed by atoms with E-state index in [4.69, 9.17) is 9.84 Å². The SMILES string of the molecule is COC(=O)C1C2CC[C@H](C[C@@H]1c1ccc(C#CCCCCO)cc1)N2C. The molecule has 3 rings (SSSR count). The van der Waals surface area contributed by atoms with Gasteiger partial charge < -0.3 is 9.84 Å². The monoisotopic (exact) mass is 355 g/mol. The third kappa shape index (κ3) is 3.95. The molecule has 0 radical (unpaired) electrons. The van der Waals surface area contributed by atoms with Crippen LogP contribution in [0, 0.1) is 17.8 Å². The second-order valence-electron chi connectivity index (χ2n) is 7.46. The van der Waals surface area contributed by atoms with Gasteiger partial charge in [0.05, 0.1) is 13.0 Å². The highest BCUT2D eigenvalue weighted by atomic mass is 16.5. The molecule has 0 aliphatic carbocycles. The fourth-order valence-electron chi connectivity index (χ4n) is 4.57. The van der Waals surface area contributed by atoms with E-state index in [1.165, 1.54) is 19.1 Å². The number of benzene rings is 1. The van der Waals surface area contributed by atoms with E-state index in [1.54, 1.807) is 0 Å². The van der Waals surface area contributed by atoms with Gasteiger partial charge in [-0.3, -0.25) is 9.69 Å². The lowest BCUT2D eigenvalue weighted by Crippen LogP contribution is -2.49. The summed E-state index contributed by atoms with van der Waals surface area (Å²) in [7, 11) is 3.64. The Morgan fingerprint density at radius 3 is 2.73 bits per heavy atom. The Kier molecular flexibility index (Phi) is 6.34. The molecule has 2 heterocycles. The molecule has 4 heteroatoms. The maximum absolute atomic E-state index is 12.5. The van der Waals surface area contributed by atoms with Gasteiger partial charge in [0.25, 0.3) is 0 Å². The van der Waals surface area contributed by atoms with Gasteiger partial charge >= 0.3 is 5.97 Å². The van der Waals surface area contributed by atoms with E-state index < -0.39 is 0 Å².